The number of fused-ring (bicyclic) bond motifs is 1. The Kier molecular flexibility index (Phi) is 5.69. The number of carbonyl (C=O) groups is 1. The van der Waals surface area contributed by atoms with Crippen LogP contribution in [0.1, 0.15) is 12.2 Å². The molecule has 9 heteroatoms. The molecule has 0 atom stereocenters. The molecule has 3 aromatic rings. The number of ether oxygens (including phenoxy) is 1. The minimum atomic E-state index is -0.495. The molecule has 0 aliphatic heterocycles. The largest absolute Gasteiger partial charge is 0.467 e. The zero-order valence-corrected chi connectivity index (χ0v) is 15.1. The van der Waals surface area contributed by atoms with Gasteiger partial charge in [-0.3, -0.25) is 18.7 Å². The molecule has 0 saturated heterocycles. The summed E-state index contributed by atoms with van der Waals surface area (Å²) in [5.41, 5.74) is -0.352. The van der Waals surface area contributed by atoms with E-state index in [-0.39, 0.29) is 31.1 Å². The molecule has 3 heterocycles. The van der Waals surface area contributed by atoms with Crippen molar-refractivity contribution in [2.45, 2.75) is 26.1 Å². The van der Waals surface area contributed by atoms with E-state index in [2.05, 4.69) is 5.32 Å². The molecule has 0 radical (unpaired) electrons. The molecule has 26 heavy (non-hydrogen) atoms. The minimum Gasteiger partial charge on any atom is -0.467 e. The Morgan fingerprint density at radius 2 is 2.15 bits per heavy atom. The lowest BCUT2D eigenvalue weighted by atomic mass is 10.4. The number of nitrogens with one attached hydrogen (secondary N) is 1. The Bertz CT molecular complexity index is 1000. The third-order valence-corrected chi connectivity index (χ3v) is 4.80. The molecule has 8 nitrogen and oxygen atoms in total. The highest BCUT2D eigenvalue weighted by atomic mass is 32.1. The number of hydrogen-bond donors (Lipinski definition) is 1. The second kappa shape index (κ2) is 8.15. The van der Waals surface area contributed by atoms with Crippen LogP contribution in [-0.4, -0.2) is 28.8 Å². The maximum absolute atomic E-state index is 12.8. The topological polar surface area (TPSA) is 95.5 Å². The summed E-state index contributed by atoms with van der Waals surface area (Å²) in [5, 5.41) is 4.45. The van der Waals surface area contributed by atoms with Crippen molar-refractivity contribution in [2.75, 3.05) is 13.7 Å². The van der Waals surface area contributed by atoms with Crippen LogP contribution in [-0.2, 0) is 29.2 Å². The summed E-state index contributed by atoms with van der Waals surface area (Å²) < 4.78 is 13.1. The van der Waals surface area contributed by atoms with Gasteiger partial charge in [0.2, 0.25) is 5.91 Å². The van der Waals surface area contributed by atoms with Gasteiger partial charge in [-0.1, -0.05) is 0 Å². The van der Waals surface area contributed by atoms with Crippen molar-refractivity contribution in [2.24, 2.45) is 0 Å². The van der Waals surface area contributed by atoms with Crippen LogP contribution in [0.2, 0.25) is 0 Å². The molecule has 3 rings (SSSR count). The van der Waals surface area contributed by atoms with Crippen molar-refractivity contribution in [1.82, 2.24) is 14.5 Å². The predicted octanol–water partition coefficient (Wildman–Crippen LogP) is 1.17. The Morgan fingerprint density at radius 1 is 1.31 bits per heavy atom. The summed E-state index contributed by atoms with van der Waals surface area (Å²) in [5.74, 6) is 0.286. The van der Waals surface area contributed by atoms with Gasteiger partial charge in [-0.15, -0.1) is 11.3 Å². The third kappa shape index (κ3) is 3.78. The predicted molar refractivity (Wildman–Crippen MR) is 97.4 cm³/mol. The Labute approximate surface area is 152 Å². The van der Waals surface area contributed by atoms with Crippen LogP contribution in [0, 0.1) is 0 Å². The summed E-state index contributed by atoms with van der Waals surface area (Å²) in [6.45, 7) is 0.753. The van der Waals surface area contributed by atoms with E-state index in [1.54, 1.807) is 30.7 Å². The van der Waals surface area contributed by atoms with E-state index in [0.29, 0.717) is 29.0 Å². The summed E-state index contributed by atoms with van der Waals surface area (Å²) in [6.07, 6.45) is 2.06. The number of thiophene rings is 1. The average Bonchev–Trinajstić information content (AvgIpc) is 3.31. The van der Waals surface area contributed by atoms with Crippen LogP contribution >= 0.6 is 11.3 Å². The summed E-state index contributed by atoms with van der Waals surface area (Å²) in [6, 6.07) is 5.17. The molecule has 0 fully saturated rings. The summed E-state index contributed by atoms with van der Waals surface area (Å²) in [7, 11) is 1.56. The number of hydrogen-bond acceptors (Lipinski definition) is 6. The van der Waals surface area contributed by atoms with E-state index in [9.17, 15) is 14.4 Å². The SMILES string of the molecule is COCCCn1c(=O)c2sccc2n(CC(=O)NCc2ccco2)c1=O. The van der Waals surface area contributed by atoms with Crippen LogP contribution < -0.4 is 16.6 Å². The molecule has 0 aliphatic rings. The lowest BCUT2D eigenvalue weighted by molar-refractivity contribution is -0.121. The normalized spacial score (nSPS) is 11.1. The number of nitrogens with zero attached hydrogens (tertiary/aromatic N) is 2. The van der Waals surface area contributed by atoms with Crippen molar-refractivity contribution in [3.63, 3.8) is 0 Å². The van der Waals surface area contributed by atoms with E-state index in [4.69, 9.17) is 9.15 Å². The van der Waals surface area contributed by atoms with E-state index in [0.717, 1.165) is 4.57 Å². The molecule has 0 spiro atoms. The zero-order valence-electron chi connectivity index (χ0n) is 14.3. The smallest absolute Gasteiger partial charge is 0.332 e. The lowest BCUT2D eigenvalue weighted by Gasteiger charge is -2.12. The monoisotopic (exact) mass is 377 g/mol. The van der Waals surface area contributed by atoms with Gasteiger partial charge in [0.15, 0.2) is 0 Å². The van der Waals surface area contributed by atoms with Gasteiger partial charge < -0.3 is 14.5 Å². The summed E-state index contributed by atoms with van der Waals surface area (Å²) in [4.78, 5) is 37.6. The maximum Gasteiger partial charge on any atom is 0.332 e. The fourth-order valence-corrected chi connectivity index (χ4v) is 3.49. The fraction of sp³-hybridized carbons (Fsp3) is 0.353. The number of methoxy groups -OCH3 is 1. The molecule has 138 valence electrons. The number of rotatable bonds is 8. The van der Waals surface area contributed by atoms with Gasteiger partial charge in [-0.05, 0) is 30.0 Å². The van der Waals surface area contributed by atoms with Crippen LogP contribution in [0.5, 0.6) is 0 Å². The van der Waals surface area contributed by atoms with Crippen molar-refractivity contribution >= 4 is 27.5 Å². The molecule has 0 saturated carbocycles. The molecular formula is C17H19N3O5S. The lowest BCUT2D eigenvalue weighted by Crippen LogP contribution is -2.42. The van der Waals surface area contributed by atoms with E-state index in [1.165, 1.54) is 22.2 Å². The molecule has 0 aromatic carbocycles. The first kappa shape index (κ1) is 18.2. The van der Waals surface area contributed by atoms with E-state index in [1.807, 2.05) is 0 Å². The highest BCUT2D eigenvalue weighted by Crippen LogP contribution is 2.15. The first-order valence-corrected chi connectivity index (χ1v) is 8.98. The number of amides is 1. The molecule has 0 bridgehead atoms. The van der Waals surface area contributed by atoms with Gasteiger partial charge in [-0.2, -0.15) is 0 Å². The molecule has 1 N–H and O–H groups in total. The Hall–Kier alpha value is -2.65. The molecule has 3 aromatic heterocycles. The molecular weight excluding hydrogens is 358 g/mol. The van der Waals surface area contributed by atoms with Crippen LogP contribution in [0.15, 0.2) is 43.8 Å². The standard InChI is InChI=1S/C17H19N3O5S/c1-24-7-3-6-19-16(22)15-13(5-9-26-15)20(17(19)23)11-14(21)18-10-12-4-2-8-25-12/h2,4-5,8-9H,3,6-7,10-11H2,1H3,(H,18,21). The van der Waals surface area contributed by atoms with Gasteiger partial charge in [0.25, 0.3) is 5.56 Å². The molecule has 1 amide bonds. The minimum absolute atomic E-state index is 0.169. The van der Waals surface area contributed by atoms with Gasteiger partial charge in [0, 0.05) is 20.3 Å². The maximum atomic E-state index is 12.8. The van der Waals surface area contributed by atoms with Crippen LogP contribution in [0.4, 0.5) is 0 Å². The first-order chi connectivity index (χ1) is 12.6. The van der Waals surface area contributed by atoms with E-state index >= 15 is 0 Å². The Balaban J connectivity index is 1.86. The number of aromatic nitrogens is 2. The van der Waals surface area contributed by atoms with E-state index < -0.39 is 5.69 Å². The highest BCUT2D eigenvalue weighted by Gasteiger charge is 2.16. The van der Waals surface area contributed by atoms with Crippen molar-refractivity contribution < 1.29 is 13.9 Å². The first-order valence-electron chi connectivity index (χ1n) is 8.10. The number of carbonyl (C=O) groups excluding carboxylic acids is 1. The fourth-order valence-electron chi connectivity index (χ4n) is 2.65. The number of furan rings is 1. The molecule has 0 unspecified atom stereocenters. The summed E-state index contributed by atoms with van der Waals surface area (Å²) >= 11 is 1.26. The average molecular weight is 377 g/mol. The second-order valence-corrected chi connectivity index (χ2v) is 6.58. The van der Waals surface area contributed by atoms with Crippen molar-refractivity contribution in [3.05, 3.63) is 56.4 Å². The molecule has 0 aliphatic carbocycles. The van der Waals surface area contributed by atoms with Gasteiger partial charge in [-0.25, -0.2) is 4.79 Å². The highest BCUT2D eigenvalue weighted by molar-refractivity contribution is 7.17. The van der Waals surface area contributed by atoms with Gasteiger partial charge >= 0.3 is 5.69 Å². The Morgan fingerprint density at radius 3 is 2.88 bits per heavy atom. The second-order valence-electron chi connectivity index (χ2n) is 5.66. The van der Waals surface area contributed by atoms with Crippen molar-refractivity contribution in [3.8, 4) is 0 Å². The van der Waals surface area contributed by atoms with Crippen molar-refractivity contribution in [1.29, 1.82) is 0 Å². The van der Waals surface area contributed by atoms with Crippen LogP contribution in [0.25, 0.3) is 10.2 Å². The van der Waals surface area contributed by atoms with Gasteiger partial charge in [0.1, 0.15) is 17.0 Å². The zero-order chi connectivity index (χ0) is 18.5. The van der Waals surface area contributed by atoms with Gasteiger partial charge in [0.05, 0.1) is 18.3 Å². The van der Waals surface area contributed by atoms with Crippen LogP contribution in [0.3, 0.4) is 0 Å². The quantitative estimate of drug-likeness (QED) is 0.595. The third-order valence-electron chi connectivity index (χ3n) is 3.91.